The van der Waals surface area contributed by atoms with Gasteiger partial charge in [-0.05, 0) is 111 Å². The summed E-state index contributed by atoms with van der Waals surface area (Å²) in [6.45, 7) is 4.07. The van der Waals surface area contributed by atoms with Crippen molar-refractivity contribution in [2.75, 3.05) is 0 Å². The van der Waals surface area contributed by atoms with Crippen molar-refractivity contribution < 1.29 is 4.74 Å². The van der Waals surface area contributed by atoms with Crippen LogP contribution in [0.5, 0.6) is 11.5 Å². The Kier molecular flexibility index (Phi) is 7.94. The summed E-state index contributed by atoms with van der Waals surface area (Å²) in [5.74, 6) is 1.65. The number of fused-ring (bicyclic) bond motifs is 12. The monoisotopic (exact) mass is 804 g/mol. The molecule has 1 aliphatic heterocycles. The minimum absolute atomic E-state index is 0.460. The molecule has 1 aliphatic carbocycles. The molecule has 0 amide bonds. The molecular formula is C58H36N4O. The van der Waals surface area contributed by atoms with Gasteiger partial charge in [-0.1, -0.05) is 140 Å². The van der Waals surface area contributed by atoms with Crippen molar-refractivity contribution in [2.45, 2.75) is 19.3 Å². The third-order valence-corrected chi connectivity index (χ3v) is 13.5. The predicted octanol–water partition coefficient (Wildman–Crippen LogP) is 14.0. The van der Waals surface area contributed by atoms with Gasteiger partial charge in [0.2, 0.25) is 0 Å². The van der Waals surface area contributed by atoms with E-state index in [0.29, 0.717) is 16.8 Å². The summed E-state index contributed by atoms with van der Waals surface area (Å²) in [4.78, 5) is 4.58. The summed E-state index contributed by atoms with van der Waals surface area (Å²) in [6.07, 6.45) is 3.67. The van der Waals surface area contributed by atoms with Crippen molar-refractivity contribution in [3.05, 3.63) is 227 Å². The Labute approximate surface area is 365 Å². The molecule has 2 aromatic heterocycles. The molecule has 0 N–H and O–H groups in total. The molecule has 12 rings (SSSR count). The van der Waals surface area contributed by atoms with Gasteiger partial charge in [0.1, 0.15) is 23.6 Å². The smallest absolute Gasteiger partial charge is 0.132 e. The number of para-hydroxylation sites is 2. The maximum atomic E-state index is 11.3. The van der Waals surface area contributed by atoms with E-state index in [4.69, 9.17) is 4.74 Å². The van der Waals surface area contributed by atoms with Gasteiger partial charge in [-0.2, -0.15) is 10.5 Å². The average molecular weight is 805 g/mol. The molecule has 0 fully saturated rings. The molecule has 0 saturated heterocycles. The number of pyridine rings is 1. The topological polar surface area (TPSA) is 74.6 Å². The maximum Gasteiger partial charge on any atom is 0.132 e. The van der Waals surface area contributed by atoms with E-state index >= 15 is 0 Å². The SMILES string of the molecule is Cc1c(C#N)c(-n2c3ccncc3c3cc(-c4ccccc4-c4ccccc4)ccc32)c(C#N)c(C)c1-c1cccc2c1-c1ccccc1C21c2ccccc2Oc2ccccc21. The summed E-state index contributed by atoms with van der Waals surface area (Å²) >= 11 is 0. The third-order valence-electron chi connectivity index (χ3n) is 13.5. The Hall–Kier alpha value is -8.51. The lowest BCUT2D eigenvalue weighted by Crippen LogP contribution is -2.32. The van der Waals surface area contributed by atoms with Crippen LogP contribution >= 0.6 is 0 Å². The van der Waals surface area contributed by atoms with Crippen LogP contribution in [0, 0.1) is 36.5 Å². The van der Waals surface area contributed by atoms with Gasteiger partial charge < -0.3 is 9.30 Å². The summed E-state index contributed by atoms with van der Waals surface area (Å²) in [5, 5.41) is 24.6. The zero-order chi connectivity index (χ0) is 42.4. The Morgan fingerprint density at radius 3 is 1.73 bits per heavy atom. The maximum absolute atomic E-state index is 11.3. The predicted molar refractivity (Wildman–Crippen MR) is 251 cm³/mol. The average Bonchev–Trinajstić information content (AvgIpc) is 3.82. The first kappa shape index (κ1) is 36.4. The Balaban J connectivity index is 1.11. The van der Waals surface area contributed by atoms with E-state index in [1.807, 2.05) is 44.3 Å². The number of rotatable bonds is 4. The number of nitrogens with zero attached hydrogens (tertiary/aromatic N) is 4. The number of benzene rings is 8. The van der Waals surface area contributed by atoms with Crippen molar-refractivity contribution in [3.63, 3.8) is 0 Å². The number of nitriles is 2. The molecular weight excluding hydrogens is 769 g/mol. The zero-order valence-corrected chi connectivity index (χ0v) is 34.5. The van der Waals surface area contributed by atoms with E-state index in [2.05, 4.69) is 167 Å². The summed E-state index contributed by atoms with van der Waals surface area (Å²) in [7, 11) is 0. The standard InChI is InChI=1S/C58H36N4O/c1-35-44(32-59)57(62-51-28-27-38(31-43(51)46-34-61-30-29-52(46)62)40-18-7-6-17-39(40)37-15-4-3-5-16-37)45(33-60)36(2)55(35)42-20-14-24-50-56(42)41-19-8-9-21-47(41)58(50)48-22-10-12-25-53(48)63-54-26-13-11-23-49(54)58/h3-31,34H,1-2H3. The second-order valence-corrected chi connectivity index (χ2v) is 16.4. The van der Waals surface area contributed by atoms with Crippen LogP contribution in [0.15, 0.2) is 182 Å². The largest absolute Gasteiger partial charge is 0.457 e. The summed E-state index contributed by atoms with van der Waals surface area (Å²) in [6, 6.07) is 64.5. The summed E-state index contributed by atoms with van der Waals surface area (Å²) < 4.78 is 8.70. The van der Waals surface area contributed by atoms with Crippen LogP contribution in [0.2, 0.25) is 0 Å². The molecule has 0 radical (unpaired) electrons. The van der Waals surface area contributed by atoms with E-state index in [-0.39, 0.29) is 0 Å². The van der Waals surface area contributed by atoms with E-state index in [9.17, 15) is 10.5 Å². The van der Waals surface area contributed by atoms with Gasteiger partial charge in [0, 0.05) is 34.3 Å². The quantitative estimate of drug-likeness (QED) is 0.178. The minimum Gasteiger partial charge on any atom is -0.457 e. The molecule has 10 aromatic rings. The second-order valence-electron chi connectivity index (χ2n) is 16.4. The first-order valence-corrected chi connectivity index (χ1v) is 21.2. The highest BCUT2D eigenvalue weighted by Crippen LogP contribution is 2.63. The first-order chi connectivity index (χ1) is 31.0. The highest BCUT2D eigenvalue weighted by molar-refractivity contribution is 6.11. The molecule has 2 aliphatic rings. The fourth-order valence-electron chi connectivity index (χ4n) is 10.9. The van der Waals surface area contributed by atoms with Crippen LogP contribution in [0.3, 0.4) is 0 Å². The van der Waals surface area contributed by atoms with Crippen molar-refractivity contribution in [1.29, 1.82) is 10.5 Å². The lowest BCUT2D eigenvalue weighted by Gasteiger charge is -2.39. The fraction of sp³-hybridized carbons (Fsp3) is 0.0517. The number of aromatic nitrogens is 2. The highest BCUT2D eigenvalue weighted by Gasteiger charge is 2.51. The minimum atomic E-state index is -0.650. The molecule has 0 bridgehead atoms. The molecule has 0 atom stereocenters. The summed E-state index contributed by atoms with van der Waals surface area (Å²) in [5.41, 5.74) is 17.3. The molecule has 3 heterocycles. The van der Waals surface area contributed by atoms with Gasteiger partial charge in [-0.15, -0.1) is 0 Å². The number of ether oxygens (including phenoxy) is 1. The molecule has 1 spiro atoms. The van der Waals surface area contributed by atoms with E-state index in [1.165, 1.54) is 5.56 Å². The van der Waals surface area contributed by atoms with Crippen LogP contribution in [0.25, 0.3) is 72.0 Å². The molecule has 294 valence electrons. The van der Waals surface area contributed by atoms with Gasteiger partial charge in [-0.3, -0.25) is 4.98 Å². The molecule has 0 saturated carbocycles. The Morgan fingerprint density at radius 1 is 0.492 bits per heavy atom. The highest BCUT2D eigenvalue weighted by atomic mass is 16.5. The lowest BCUT2D eigenvalue weighted by molar-refractivity contribution is 0.436. The molecule has 63 heavy (non-hydrogen) atoms. The van der Waals surface area contributed by atoms with Gasteiger partial charge in [0.15, 0.2) is 0 Å². The van der Waals surface area contributed by atoms with Gasteiger partial charge in [0.05, 0.1) is 33.3 Å². The molecule has 0 unspecified atom stereocenters. The molecule has 5 heteroatoms. The van der Waals surface area contributed by atoms with Crippen molar-refractivity contribution in [3.8, 4) is 73.8 Å². The number of hydrogen-bond donors (Lipinski definition) is 0. The van der Waals surface area contributed by atoms with Crippen molar-refractivity contribution in [2.24, 2.45) is 0 Å². The lowest BCUT2D eigenvalue weighted by atomic mass is 9.66. The van der Waals surface area contributed by atoms with Crippen LogP contribution < -0.4 is 4.74 Å². The van der Waals surface area contributed by atoms with Gasteiger partial charge in [0.25, 0.3) is 0 Å². The van der Waals surface area contributed by atoms with Crippen LogP contribution in [0.4, 0.5) is 0 Å². The van der Waals surface area contributed by atoms with Crippen molar-refractivity contribution >= 4 is 21.8 Å². The molecule has 8 aromatic carbocycles. The van der Waals surface area contributed by atoms with Gasteiger partial charge >= 0.3 is 0 Å². The molecule has 5 nitrogen and oxygen atoms in total. The van der Waals surface area contributed by atoms with E-state index in [1.54, 1.807) is 6.20 Å². The van der Waals surface area contributed by atoms with E-state index in [0.717, 1.165) is 106 Å². The fourth-order valence-corrected chi connectivity index (χ4v) is 10.9. The van der Waals surface area contributed by atoms with Crippen molar-refractivity contribution in [1.82, 2.24) is 9.55 Å². The third kappa shape index (κ3) is 4.94. The first-order valence-electron chi connectivity index (χ1n) is 21.2. The normalized spacial score (nSPS) is 12.8. The second kappa shape index (κ2) is 13.8. The zero-order valence-electron chi connectivity index (χ0n) is 34.5. The Bertz CT molecular complexity index is 3570. The Morgan fingerprint density at radius 2 is 1.05 bits per heavy atom. The van der Waals surface area contributed by atoms with Crippen LogP contribution in [-0.2, 0) is 5.41 Å². The van der Waals surface area contributed by atoms with Gasteiger partial charge in [-0.25, -0.2) is 0 Å². The van der Waals surface area contributed by atoms with Crippen LogP contribution in [-0.4, -0.2) is 9.55 Å². The van der Waals surface area contributed by atoms with Crippen LogP contribution in [0.1, 0.15) is 44.5 Å². The van der Waals surface area contributed by atoms with E-state index < -0.39 is 5.41 Å². The number of hydrogen-bond acceptors (Lipinski definition) is 4.